The van der Waals surface area contributed by atoms with Crippen LogP contribution in [0.1, 0.15) is 42.1 Å². The van der Waals surface area contributed by atoms with Crippen molar-refractivity contribution in [3.05, 3.63) is 58.4 Å². The molecule has 0 saturated carbocycles. The Labute approximate surface area is 185 Å². The van der Waals surface area contributed by atoms with Gasteiger partial charge in [-0.3, -0.25) is 9.59 Å². The molecule has 1 fully saturated rings. The number of carbonyl (C=O) groups is 2. The van der Waals surface area contributed by atoms with Crippen molar-refractivity contribution >= 4 is 39.0 Å². The summed E-state index contributed by atoms with van der Waals surface area (Å²) in [5.41, 5.74) is 1.12. The van der Waals surface area contributed by atoms with Crippen LogP contribution in [0.5, 0.6) is 0 Å². The number of anilines is 1. The minimum Gasteiger partial charge on any atom is -0.307 e. The first-order chi connectivity index (χ1) is 14.6. The molecule has 0 aromatic heterocycles. The fourth-order valence-corrected chi connectivity index (χ4v) is 6.24. The van der Waals surface area contributed by atoms with E-state index < -0.39 is 33.8 Å². The smallest absolute Gasteiger partial charge is 0.245 e. The van der Waals surface area contributed by atoms with Crippen LogP contribution in [0.3, 0.4) is 0 Å². The van der Waals surface area contributed by atoms with Crippen LogP contribution < -0.4 is 4.90 Å². The Morgan fingerprint density at radius 3 is 2.52 bits per heavy atom. The molecule has 1 amide bonds. The Morgan fingerprint density at radius 1 is 1.16 bits per heavy atom. The van der Waals surface area contributed by atoms with E-state index in [4.69, 9.17) is 11.6 Å². The molecule has 2 aromatic rings. The van der Waals surface area contributed by atoms with Crippen LogP contribution in [0.25, 0.3) is 0 Å². The molecule has 6 nitrogen and oxygen atoms in total. The zero-order chi connectivity index (χ0) is 22.5. The van der Waals surface area contributed by atoms with Gasteiger partial charge in [0, 0.05) is 19.0 Å². The van der Waals surface area contributed by atoms with Crippen LogP contribution in [0, 0.1) is 12.7 Å². The van der Waals surface area contributed by atoms with E-state index in [1.54, 1.807) is 19.1 Å². The van der Waals surface area contributed by atoms with E-state index >= 15 is 0 Å². The molecule has 1 unspecified atom stereocenters. The molecule has 0 spiro atoms. The summed E-state index contributed by atoms with van der Waals surface area (Å²) in [6.07, 6.45) is 0.893. The molecule has 31 heavy (non-hydrogen) atoms. The maximum atomic E-state index is 14.0. The van der Waals surface area contributed by atoms with Crippen molar-refractivity contribution < 1.29 is 22.4 Å². The number of benzene rings is 2. The fraction of sp³-hybridized carbons (Fsp3) is 0.364. The molecule has 2 aliphatic rings. The first-order valence-electron chi connectivity index (χ1n) is 10.1. The maximum absolute atomic E-state index is 14.0. The summed E-state index contributed by atoms with van der Waals surface area (Å²) in [6, 6.07) is 7.56. The highest BCUT2D eigenvalue weighted by atomic mass is 35.5. The van der Waals surface area contributed by atoms with Crippen molar-refractivity contribution in [3.8, 4) is 0 Å². The SMILES string of the molecule is Cc1ccc(S(=O)(=O)N2CCC[C@@H]2C(=O)N2c3ccc(F)c(Cl)c3C(=O)CC2C)cc1. The molecule has 0 bridgehead atoms. The number of fused-ring (bicyclic) bond motifs is 1. The molecule has 2 aliphatic heterocycles. The summed E-state index contributed by atoms with van der Waals surface area (Å²) < 4.78 is 41.7. The van der Waals surface area contributed by atoms with Gasteiger partial charge in [0.05, 0.1) is 21.2 Å². The number of amides is 1. The van der Waals surface area contributed by atoms with Crippen LogP contribution >= 0.6 is 11.6 Å². The van der Waals surface area contributed by atoms with E-state index in [9.17, 15) is 22.4 Å². The summed E-state index contributed by atoms with van der Waals surface area (Å²) in [5.74, 6) is -1.51. The molecular formula is C22H22ClFN2O4S. The van der Waals surface area contributed by atoms with Gasteiger partial charge in [-0.15, -0.1) is 0 Å². The van der Waals surface area contributed by atoms with Crippen molar-refractivity contribution in [2.45, 2.75) is 50.1 Å². The molecule has 2 atom stereocenters. The Kier molecular flexibility index (Phi) is 5.66. The van der Waals surface area contributed by atoms with E-state index in [1.807, 2.05) is 6.92 Å². The predicted octanol–water partition coefficient (Wildman–Crippen LogP) is 3.95. The molecule has 2 heterocycles. The maximum Gasteiger partial charge on any atom is 0.245 e. The standard InChI is InChI=1S/C22H22ClFN2O4S/c1-13-5-7-15(8-6-13)31(29,30)25-11-3-4-18(25)22(28)26-14(2)12-19(27)20-17(26)10-9-16(24)21(20)23/h5-10,14,18H,3-4,11-12H2,1-2H3/t14?,18-/m1/s1. The summed E-state index contributed by atoms with van der Waals surface area (Å²) in [6.45, 7) is 3.80. The first kappa shape index (κ1) is 21.9. The highest BCUT2D eigenvalue weighted by Gasteiger charge is 2.44. The topological polar surface area (TPSA) is 74.8 Å². The Hall–Kier alpha value is -2.29. The lowest BCUT2D eigenvalue weighted by atomic mass is 9.94. The van der Waals surface area contributed by atoms with Gasteiger partial charge in [-0.1, -0.05) is 29.3 Å². The number of carbonyl (C=O) groups excluding carboxylic acids is 2. The predicted molar refractivity (Wildman–Crippen MR) is 115 cm³/mol. The van der Waals surface area contributed by atoms with Gasteiger partial charge in [-0.25, -0.2) is 12.8 Å². The highest BCUT2D eigenvalue weighted by Crippen LogP contribution is 2.38. The second-order valence-electron chi connectivity index (χ2n) is 8.03. The number of sulfonamides is 1. The quantitative estimate of drug-likeness (QED) is 0.689. The third-order valence-corrected chi connectivity index (χ3v) is 8.18. The summed E-state index contributed by atoms with van der Waals surface area (Å²) in [5, 5.41) is -0.317. The molecule has 1 saturated heterocycles. The van der Waals surface area contributed by atoms with Crippen LogP contribution in [0.2, 0.25) is 5.02 Å². The fourth-order valence-electron chi connectivity index (χ4n) is 4.32. The number of hydrogen-bond acceptors (Lipinski definition) is 4. The van der Waals surface area contributed by atoms with Crippen molar-refractivity contribution in [2.24, 2.45) is 0 Å². The molecular weight excluding hydrogens is 443 g/mol. The van der Waals surface area contributed by atoms with Crippen molar-refractivity contribution in [1.82, 2.24) is 4.31 Å². The van der Waals surface area contributed by atoms with Crippen LogP contribution in [0.15, 0.2) is 41.3 Å². The van der Waals surface area contributed by atoms with Crippen LogP contribution in [-0.2, 0) is 14.8 Å². The largest absolute Gasteiger partial charge is 0.307 e. The molecule has 164 valence electrons. The first-order valence-corrected chi connectivity index (χ1v) is 11.9. The minimum atomic E-state index is -3.88. The van der Waals surface area contributed by atoms with E-state index in [-0.39, 0.29) is 39.9 Å². The van der Waals surface area contributed by atoms with Gasteiger partial charge < -0.3 is 4.90 Å². The van der Waals surface area contributed by atoms with Gasteiger partial charge in [0.1, 0.15) is 11.9 Å². The lowest BCUT2D eigenvalue weighted by molar-refractivity contribution is -0.122. The normalized spacial score (nSPS) is 21.9. The highest BCUT2D eigenvalue weighted by molar-refractivity contribution is 7.89. The number of rotatable bonds is 3. The van der Waals surface area contributed by atoms with E-state index in [0.29, 0.717) is 12.8 Å². The van der Waals surface area contributed by atoms with Gasteiger partial charge in [0.15, 0.2) is 5.78 Å². The van der Waals surface area contributed by atoms with Crippen LogP contribution in [0.4, 0.5) is 10.1 Å². The zero-order valence-electron chi connectivity index (χ0n) is 17.1. The van der Waals surface area contributed by atoms with Crippen LogP contribution in [-0.4, -0.2) is 43.0 Å². The van der Waals surface area contributed by atoms with Crippen molar-refractivity contribution in [2.75, 3.05) is 11.4 Å². The Bertz CT molecular complexity index is 1170. The number of nitrogens with zero attached hydrogens (tertiary/aromatic N) is 2. The van der Waals surface area contributed by atoms with Gasteiger partial charge in [-0.05, 0) is 51.0 Å². The third kappa shape index (κ3) is 3.66. The molecule has 0 N–H and O–H groups in total. The van der Waals surface area contributed by atoms with Gasteiger partial charge in [0.25, 0.3) is 0 Å². The molecule has 2 aromatic carbocycles. The van der Waals surface area contributed by atoms with Gasteiger partial charge in [-0.2, -0.15) is 4.31 Å². The summed E-state index contributed by atoms with van der Waals surface area (Å²) in [7, 11) is -3.88. The number of Topliss-reactive ketones (excluding diaryl/α,β-unsaturated/α-hetero) is 1. The number of aryl methyl sites for hydroxylation is 1. The number of halogens is 2. The lowest BCUT2D eigenvalue weighted by Crippen LogP contribution is -2.53. The molecule has 9 heteroatoms. The molecule has 0 aliphatic carbocycles. The average molecular weight is 465 g/mol. The monoisotopic (exact) mass is 464 g/mol. The zero-order valence-corrected chi connectivity index (χ0v) is 18.7. The summed E-state index contributed by atoms with van der Waals surface area (Å²) in [4.78, 5) is 27.6. The number of hydrogen-bond donors (Lipinski definition) is 0. The second kappa shape index (κ2) is 8.00. The van der Waals surface area contributed by atoms with Crippen molar-refractivity contribution in [3.63, 3.8) is 0 Å². The van der Waals surface area contributed by atoms with Gasteiger partial charge >= 0.3 is 0 Å². The molecule has 4 rings (SSSR count). The number of ketones is 1. The average Bonchev–Trinajstić information content (AvgIpc) is 3.21. The Balaban J connectivity index is 1.72. The lowest BCUT2D eigenvalue weighted by Gasteiger charge is -2.37. The molecule has 0 radical (unpaired) electrons. The second-order valence-corrected chi connectivity index (χ2v) is 10.3. The minimum absolute atomic E-state index is 0.0145. The van der Waals surface area contributed by atoms with E-state index in [0.717, 1.165) is 11.6 Å². The Morgan fingerprint density at radius 2 is 1.84 bits per heavy atom. The van der Waals surface area contributed by atoms with E-state index in [2.05, 4.69) is 0 Å². The third-order valence-electron chi connectivity index (χ3n) is 5.89. The van der Waals surface area contributed by atoms with E-state index in [1.165, 1.54) is 27.4 Å². The van der Waals surface area contributed by atoms with Crippen molar-refractivity contribution in [1.29, 1.82) is 0 Å². The van der Waals surface area contributed by atoms with Gasteiger partial charge in [0.2, 0.25) is 15.9 Å². The summed E-state index contributed by atoms with van der Waals surface area (Å²) >= 11 is 6.04.